The van der Waals surface area contributed by atoms with Crippen LogP contribution < -0.4 is 11.1 Å². The molecule has 1 saturated heterocycles. The molecule has 1 atom stereocenters. The molecule has 0 radical (unpaired) electrons. The van der Waals surface area contributed by atoms with Gasteiger partial charge in [-0.1, -0.05) is 18.2 Å². The topological polar surface area (TPSA) is 83.6 Å². The maximum absolute atomic E-state index is 11.2. The number of fused-ring (bicyclic) bond motifs is 1. The highest BCUT2D eigenvalue weighted by Gasteiger charge is 2.23. The Labute approximate surface area is 171 Å². The summed E-state index contributed by atoms with van der Waals surface area (Å²) < 4.78 is 0. The van der Waals surface area contributed by atoms with Crippen LogP contribution in [-0.4, -0.2) is 41.9 Å². The van der Waals surface area contributed by atoms with Gasteiger partial charge in [0.1, 0.15) is 0 Å². The number of carbonyl (C=O) groups excluding carboxylic acids is 1. The summed E-state index contributed by atoms with van der Waals surface area (Å²) in [6, 6.07) is 10.2. The number of halogens is 1. The Hall–Kier alpha value is -1.90. The fourth-order valence-corrected chi connectivity index (χ4v) is 3.52. The van der Waals surface area contributed by atoms with Gasteiger partial charge >= 0.3 is 0 Å². The maximum atomic E-state index is 11.2. The van der Waals surface area contributed by atoms with Crippen LogP contribution in [0.5, 0.6) is 0 Å². The third kappa shape index (κ3) is 5.06. The standard InChI is InChI=1S/C19H25N5O.HI/c1-21-19(24-10-4-5-14(13-24)11-18(20)25)23-12-15-8-9-22-17-7-3-2-6-16(15)17;/h2-3,6-9,14H,4-5,10-13H2,1H3,(H2,20,25)(H,21,23);1H. The van der Waals surface area contributed by atoms with Gasteiger partial charge < -0.3 is 16.0 Å². The molecule has 1 fully saturated rings. The number of hydrogen-bond acceptors (Lipinski definition) is 3. The summed E-state index contributed by atoms with van der Waals surface area (Å²) in [6.45, 7) is 2.46. The van der Waals surface area contributed by atoms with Gasteiger partial charge in [0.05, 0.1) is 5.52 Å². The molecule has 1 aliphatic rings. The molecule has 1 aromatic heterocycles. The molecule has 26 heavy (non-hydrogen) atoms. The molecule has 0 bridgehead atoms. The zero-order chi connectivity index (χ0) is 17.6. The summed E-state index contributed by atoms with van der Waals surface area (Å²) in [5.41, 5.74) is 7.54. The smallest absolute Gasteiger partial charge is 0.217 e. The van der Waals surface area contributed by atoms with Crippen LogP contribution in [0.25, 0.3) is 10.9 Å². The van der Waals surface area contributed by atoms with E-state index < -0.39 is 0 Å². The molecular formula is C19H26IN5O. The lowest BCUT2D eigenvalue weighted by Crippen LogP contribution is -2.46. The van der Waals surface area contributed by atoms with Crippen molar-refractivity contribution in [1.29, 1.82) is 0 Å². The lowest BCUT2D eigenvalue weighted by atomic mass is 9.95. The molecule has 3 N–H and O–H groups in total. The van der Waals surface area contributed by atoms with Crippen molar-refractivity contribution in [2.24, 2.45) is 16.6 Å². The largest absolute Gasteiger partial charge is 0.370 e. The number of guanidine groups is 1. The summed E-state index contributed by atoms with van der Waals surface area (Å²) in [4.78, 5) is 22.2. The van der Waals surface area contributed by atoms with Crippen LogP contribution in [0.1, 0.15) is 24.8 Å². The summed E-state index contributed by atoms with van der Waals surface area (Å²) >= 11 is 0. The quantitative estimate of drug-likeness (QED) is 0.411. The number of para-hydroxylation sites is 1. The number of primary amides is 1. The van der Waals surface area contributed by atoms with Crippen molar-refractivity contribution >= 4 is 46.7 Å². The van der Waals surface area contributed by atoms with Gasteiger partial charge in [-0.15, -0.1) is 24.0 Å². The first-order valence-corrected chi connectivity index (χ1v) is 8.74. The third-order valence-electron chi connectivity index (χ3n) is 4.70. The van der Waals surface area contributed by atoms with E-state index in [1.165, 1.54) is 5.56 Å². The number of amides is 1. The number of carbonyl (C=O) groups is 1. The molecule has 0 spiro atoms. The van der Waals surface area contributed by atoms with Crippen molar-refractivity contribution < 1.29 is 4.79 Å². The van der Waals surface area contributed by atoms with Crippen LogP contribution in [0.3, 0.4) is 0 Å². The van der Waals surface area contributed by atoms with E-state index in [0.717, 1.165) is 42.8 Å². The molecule has 1 unspecified atom stereocenters. The zero-order valence-electron chi connectivity index (χ0n) is 15.0. The molecule has 140 valence electrons. The van der Waals surface area contributed by atoms with Gasteiger partial charge in [0, 0.05) is 44.7 Å². The number of likely N-dealkylation sites (tertiary alicyclic amines) is 1. The number of rotatable bonds is 4. The van der Waals surface area contributed by atoms with E-state index in [4.69, 9.17) is 5.73 Å². The molecule has 2 aromatic rings. The summed E-state index contributed by atoms with van der Waals surface area (Å²) in [6.07, 6.45) is 4.39. The van der Waals surface area contributed by atoms with E-state index >= 15 is 0 Å². The summed E-state index contributed by atoms with van der Waals surface area (Å²) in [7, 11) is 1.80. The average molecular weight is 467 g/mol. The Bertz CT molecular complexity index is 774. The number of piperidine rings is 1. The Morgan fingerprint density at radius 1 is 1.38 bits per heavy atom. The van der Waals surface area contributed by atoms with E-state index in [0.29, 0.717) is 18.9 Å². The lowest BCUT2D eigenvalue weighted by molar-refractivity contribution is -0.119. The molecular weight excluding hydrogens is 441 g/mol. The first kappa shape index (κ1) is 20.4. The van der Waals surface area contributed by atoms with Crippen LogP contribution in [0.2, 0.25) is 0 Å². The zero-order valence-corrected chi connectivity index (χ0v) is 17.3. The molecule has 1 aliphatic heterocycles. The number of benzene rings is 1. The minimum Gasteiger partial charge on any atom is -0.370 e. The van der Waals surface area contributed by atoms with Crippen molar-refractivity contribution in [3.8, 4) is 0 Å². The van der Waals surface area contributed by atoms with Crippen molar-refractivity contribution in [2.45, 2.75) is 25.8 Å². The van der Waals surface area contributed by atoms with Gasteiger partial charge in [-0.25, -0.2) is 0 Å². The second-order valence-electron chi connectivity index (χ2n) is 6.51. The predicted octanol–water partition coefficient (Wildman–Crippen LogP) is 2.52. The molecule has 7 heteroatoms. The van der Waals surface area contributed by atoms with Gasteiger partial charge in [-0.3, -0.25) is 14.8 Å². The van der Waals surface area contributed by atoms with E-state index in [-0.39, 0.29) is 29.9 Å². The molecule has 1 amide bonds. The third-order valence-corrected chi connectivity index (χ3v) is 4.70. The van der Waals surface area contributed by atoms with Crippen LogP contribution in [-0.2, 0) is 11.3 Å². The van der Waals surface area contributed by atoms with Crippen LogP contribution >= 0.6 is 24.0 Å². The van der Waals surface area contributed by atoms with Crippen molar-refractivity contribution in [3.63, 3.8) is 0 Å². The highest BCUT2D eigenvalue weighted by Crippen LogP contribution is 2.20. The van der Waals surface area contributed by atoms with Gasteiger partial charge in [0.2, 0.25) is 5.91 Å². The fraction of sp³-hybridized carbons (Fsp3) is 0.421. The van der Waals surface area contributed by atoms with Crippen LogP contribution in [0, 0.1) is 5.92 Å². The normalized spacial score (nSPS) is 17.7. The van der Waals surface area contributed by atoms with E-state index in [2.05, 4.69) is 26.3 Å². The Morgan fingerprint density at radius 2 is 2.19 bits per heavy atom. The van der Waals surface area contributed by atoms with E-state index in [9.17, 15) is 4.79 Å². The molecule has 3 rings (SSSR count). The molecule has 1 aromatic carbocycles. The van der Waals surface area contributed by atoms with Crippen molar-refractivity contribution in [1.82, 2.24) is 15.2 Å². The van der Waals surface area contributed by atoms with Gasteiger partial charge in [-0.05, 0) is 36.5 Å². The summed E-state index contributed by atoms with van der Waals surface area (Å²) in [5.74, 6) is 0.958. The molecule has 2 heterocycles. The highest BCUT2D eigenvalue weighted by molar-refractivity contribution is 14.0. The molecule has 6 nitrogen and oxygen atoms in total. The predicted molar refractivity (Wildman–Crippen MR) is 115 cm³/mol. The second kappa shape index (κ2) is 9.70. The van der Waals surface area contributed by atoms with Gasteiger partial charge in [0.15, 0.2) is 5.96 Å². The number of hydrogen-bond donors (Lipinski definition) is 2. The SMILES string of the molecule is CN=C(NCc1ccnc2ccccc12)N1CCCC(CC(N)=O)C1.I. The minimum atomic E-state index is -0.224. The van der Waals surface area contributed by atoms with Crippen molar-refractivity contribution in [2.75, 3.05) is 20.1 Å². The fourth-order valence-electron chi connectivity index (χ4n) is 3.52. The number of nitrogens with two attached hydrogens (primary N) is 1. The highest BCUT2D eigenvalue weighted by atomic mass is 127. The number of nitrogens with one attached hydrogen (secondary N) is 1. The molecule has 0 aliphatic carbocycles. The first-order chi connectivity index (χ1) is 12.2. The van der Waals surface area contributed by atoms with Gasteiger partial charge in [0.25, 0.3) is 0 Å². The maximum Gasteiger partial charge on any atom is 0.217 e. The molecule has 0 saturated carbocycles. The number of aliphatic imine (C=N–C) groups is 1. The Balaban J connectivity index is 0.00000243. The number of aromatic nitrogens is 1. The van der Waals surface area contributed by atoms with Crippen LogP contribution in [0.4, 0.5) is 0 Å². The van der Waals surface area contributed by atoms with Crippen molar-refractivity contribution in [3.05, 3.63) is 42.1 Å². The van der Waals surface area contributed by atoms with E-state index in [1.54, 1.807) is 7.05 Å². The minimum absolute atomic E-state index is 0. The summed E-state index contributed by atoms with van der Waals surface area (Å²) in [5, 5.41) is 4.60. The monoisotopic (exact) mass is 467 g/mol. The Kier molecular flexibility index (Phi) is 7.62. The number of pyridine rings is 1. The van der Waals surface area contributed by atoms with Crippen LogP contribution in [0.15, 0.2) is 41.5 Å². The van der Waals surface area contributed by atoms with Gasteiger partial charge in [-0.2, -0.15) is 0 Å². The Morgan fingerprint density at radius 3 is 2.96 bits per heavy atom. The first-order valence-electron chi connectivity index (χ1n) is 8.74. The lowest BCUT2D eigenvalue weighted by Gasteiger charge is -2.34. The number of nitrogens with zero attached hydrogens (tertiary/aromatic N) is 3. The second-order valence-corrected chi connectivity index (χ2v) is 6.51. The van der Waals surface area contributed by atoms with E-state index in [1.807, 2.05) is 30.5 Å². The average Bonchev–Trinajstić information content (AvgIpc) is 2.62.